The summed E-state index contributed by atoms with van der Waals surface area (Å²) >= 11 is 0. The van der Waals surface area contributed by atoms with Gasteiger partial charge in [0.15, 0.2) is 0 Å². The highest BCUT2D eigenvalue weighted by Gasteiger charge is 2.29. The molecular weight excluding hydrogens is 276 g/mol. The summed E-state index contributed by atoms with van der Waals surface area (Å²) < 4.78 is 0. The standard InChI is InChI=1S/C18H24N2O2/c1-3-14(2)18(22)19-16-10-7-13-20(16)17(21)12-11-15-8-5-4-6-9-15/h4-6,8-9,11-12,14,16H,3,7,10,13H2,1-2H3,(H,19,22)/b12-11+. The molecule has 22 heavy (non-hydrogen) atoms. The minimum absolute atomic E-state index is 0.0163. The molecule has 1 fully saturated rings. The minimum Gasteiger partial charge on any atom is -0.336 e. The highest BCUT2D eigenvalue weighted by molar-refractivity contribution is 5.92. The van der Waals surface area contributed by atoms with E-state index in [1.807, 2.05) is 50.3 Å². The third-order valence-corrected chi connectivity index (χ3v) is 4.12. The summed E-state index contributed by atoms with van der Waals surface area (Å²) in [6.45, 7) is 4.60. The number of carbonyl (C=O) groups is 2. The Morgan fingerprint density at radius 2 is 2.09 bits per heavy atom. The van der Waals surface area contributed by atoms with Gasteiger partial charge in [-0.1, -0.05) is 44.2 Å². The first-order valence-corrected chi connectivity index (χ1v) is 7.96. The van der Waals surface area contributed by atoms with Crippen molar-refractivity contribution in [3.8, 4) is 0 Å². The summed E-state index contributed by atoms with van der Waals surface area (Å²) in [5.74, 6) is -0.0348. The lowest BCUT2D eigenvalue weighted by atomic mass is 10.1. The zero-order valence-electron chi connectivity index (χ0n) is 13.3. The number of likely N-dealkylation sites (tertiary alicyclic amines) is 1. The fourth-order valence-corrected chi connectivity index (χ4v) is 2.50. The van der Waals surface area contributed by atoms with Gasteiger partial charge in [-0.15, -0.1) is 0 Å². The molecule has 0 aliphatic carbocycles. The van der Waals surface area contributed by atoms with Crippen LogP contribution in [-0.4, -0.2) is 29.4 Å². The van der Waals surface area contributed by atoms with Gasteiger partial charge in [0.1, 0.15) is 6.17 Å². The van der Waals surface area contributed by atoms with Gasteiger partial charge in [-0.2, -0.15) is 0 Å². The van der Waals surface area contributed by atoms with Gasteiger partial charge in [0.25, 0.3) is 0 Å². The highest BCUT2D eigenvalue weighted by atomic mass is 16.2. The van der Waals surface area contributed by atoms with E-state index in [0.717, 1.165) is 24.8 Å². The number of hydrogen-bond donors (Lipinski definition) is 1. The number of amides is 2. The monoisotopic (exact) mass is 300 g/mol. The van der Waals surface area contributed by atoms with Crippen LogP contribution in [0.15, 0.2) is 36.4 Å². The van der Waals surface area contributed by atoms with Crippen molar-refractivity contribution >= 4 is 17.9 Å². The predicted octanol–water partition coefficient (Wildman–Crippen LogP) is 2.81. The molecule has 0 bridgehead atoms. The van der Waals surface area contributed by atoms with Crippen molar-refractivity contribution in [3.05, 3.63) is 42.0 Å². The molecule has 4 nitrogen and oxygen atoms in total. The fourth-order valence-electron chi connectivity index (χ4n) is 2.50. The lowest BCUT2D eigenvalue weighted by Gasteiger charge is -2.25. The molecule has 118 valence electrons. The van der Waals surface area contributed by atoms with Crippen LogP contribution < -0.4 is 5.32 Å². The van der Waals surface area contributed by atoms with Crippen LogP contribution in [0.25, 0.3) is 6.08 Å². The maximum absolute atomic E-state index is 12.3. The zero-order valence-corrected chi connectivity index (χ0v) is 13.3. The molecule has 1 heterocycles. The third-order valence-electron chi connectivity index (χ3n) is 4.12. The Labute approximate surface area is 132 Å². The Morgan fingerprint density at radius 1 is 1.36 bits per heavy atom. The first-order valence-electron chi connectivity index (χ1n) is 7.96. The lowest BCUT2D eigenvalue weighted by molar-refractivity contribution is -0.131. The van der Waals surface area contributed by atoms with Crippen molar-refractivity contribution < 1.29 is 9.59 Å². The quantitative estimate of drug-likeness (QED) is 0.850. The van der Waals surface area contributed by atoms with Gasteiger partial charge in [-0.25, -0.2) is 0 Å². The van der Waals surface area contributed by atoms with Crippen LogP contribution in [0.1, 0.15) is 38.7 Å². The summed E-state index contributed by atoms with van der Waals surface area (Å²) in [5, 5.41) is 2.99. The molecule has 1 saturated heterocycles. The highest BCUT2D eigenvalue weighted by Crippen LogP contribution is 2.17. The Bertz CT molecular complexity index is 539. The van der Waals surface area contributed by atoms with E-state index in [4.69, 9.17) is 0 Å². The van der Waals surface area contributed by atoms with Crippen molar-refractivity contribution in [1.29, 1.82) is 0 Å². The van der Waals surface area contributed by atoms with E-state index in [1.54, 1.807) is 11.0 Å². The van der Waals surface area contributed by atoms with Crippen molar-refractivity contribution in [1.82, 2.24) is 10.2 Å². The van der Waals surface area contributed by atoms with Gasteiger partial charge in [0.2, 0.25) is 11.8 Å². The van der Waals surface area contributed by atoms with Crippen LogP contribution in [-0.2, 0) is 9.59 Å². The van der Waals surface area contributed by atoms with E-state index in [9.17, 15) is 9.59 Å². The second-order valence-electron chi connectivity index (χ2n) is 5.75. The summed E-state index contributed by atoms with van der Waals surface area (Å²) in [6.07, 6.45) is 5.79. The molecule has 0 aromatic heterocycles. The van der Waals surface area contributed by atoms with Crippen molar-refractivity contribution in [2.45, 2.75) is 39.3 Å². The van der Waals surface area contributed by atoms with Gasteiger partial charge in [-0.05, 0) is 30.9 Å². The van der Waals surface area contributed by atoms with Gasteiger partial charge in [0.05, 0.1) is 0 Å². The van der Waals surface area contributed by atoms with E-state index in [0.29, 0.717) is 6.54 Å². The third kappa shape index (κ3) is 4.20. The molecule has 0 spiro atoms. The fraction of sp³-hybridized carbons (Fsp3) is 0.444. The second-order valence-corrected chi connectivity index (χ2v) is 5.75. The smallest absolute Gasteiger partial charge is 0.248 e. The number of benzene rings is 1. The molecule has 1 aromatic carbocycles. The Hall–Kier alpha value is -2.10. The van der Waals surface area contributed by atoms with Crippen molar-refractivity contribution in [2.24, 2.45) is 5.92 Å². The average molecular weight is 300 g/mol. The largest absolute Gasteiger partial charge is 0.336 e. The van der Waals surface area contributed by atoms with E-state index >= 15 is 0 Å². The molecular formula is C18H24N2O2. The van der Waals surface area contributed by atoms with E-state index in [2.05, 4.69) is 5.32 Å². The molecule has 2 amide bonds. The van der Waals surface area contributed by atoms with Crippen molar-refractivity contribution in [3.63, 3.8) is 0 Å². The first-order chi connectivity index (χ1) is 10.6. The lowest BCUT2D eigenvalue weighted by Crippen LogP contribution is -2.47. The molecule has 0 radical (unpaired) electrons. The van der Waals surface area contributed by atoms with Gasteiger partial charge < -0.3 is 10.2 Å². The van der Waals surface area contributed by atoms with Gasteiger partial charge in [-0.3, -0.25) is 9.59 Å². The molecule has 2 rings (SSSR count). The molecule has 2 atom stereocenters. The Morgan fingerprint density at radius 3 is 2.77 bits per heavy atom. The van der Waals surface area contributed by atoms with Gasteiger partial charge >= 0.3 is 0 Å². The number of carbonyl (C=O) groups excluding carboxylic acids is 2. The topological polar surface area (TPSA) is 49.4 Å². The Balaban J connectivity index is 1.96. The summed E-state index contributed by atoms with van der Waals surface area (Å²) in [5.41, 5.74) is 0.996. The molecule has 4 heteroatoms. The molecule has 1 aliphatic heterocycles. The molecule has 0 saturated carbocycles. The summed E-state index contributed by atoms with van der Waals surface area (Å²) in [4.78, 5) is 26.1. The molecule has 1 aromatic rings. The van der Waals surface area contributed by atoms with Crippen molar-refractivity contribution in [2.75, 3.05) is 6.54 Å². The Kier molecular flexibility index (Phi) is 5.75. The van der Waals surface area contributed by atoms with E-state index in [-0.39, 0.29) is 23.9 Å². The van der Waals surface area contributed by atoms with Crippen LogP contribution in [0.5, 0.6) is 0 Å². The molecule has 2 unspecified atom stereocenters. The average Bonchev–Trinajstić information content (AvgIpc) is 3.00. The SMILES string of the molecule is CCC(C)C(=O)NC1CCCN1C(=O)/C=C/c1ccccc1. The predicted molar refractivity (Wildman–Crippen MR) is 87.8 cm³/mol. The maximum Gasteiger partial charge on any atom is 0.248 e. The van der Waals surface area contributed by atoms with Crippen LogP contribution in [0, 0.1) is 5.92 Å². The summed E-state index contributed by atoms with van der Waals surface area (Å²) in [7, 11) is 0. The first kappa shape index (κ1) is 16.3. The van der Waals surface area contributed by atoms with Crippen LogP contribution in [0.4, 0.5) is 0 Å². The number of hydrogen-bond acceptors (Lipinski definition) is 2. The molecule has 1 N–H and O–H groups in total. The zero-order chi connectivity index (χ0) is 15.9. The minimum atomic E-state index is -0.172. The van der Waals surface area contributed by atoms with Gasteiger partial charge in [0, 0.05) is 18.5 Å². The van der Waals surface area contributed by atoms with E-state index in [1.165, 1.54) is 0 Å². The second kappa shape index (κ2) is 7.78. The number of nitrogens with one attached hydrogen (secondary N) is 1. The van der Waals surface area contributed by atoms with Crippen LogP contribution >= 0.6 is 0 Å². The number of rotatable bonds is 5. The number of nitrogens with zero attached hydrogens (tertiary/aromatic N) is 1. The van der Waals surface area contributed by atoms with Crippen LogP contribution in [0.3, 0.4) is 0 Å². The van der Waals surface area contributed by atoms with E-state index < -0.39 is 0 Å². The normalized spacial score (nSPS) is 19.4. The molecule has 1 aliphatic rings. The summed E-state index contributed by atoms with van der Waals surface area (Å²) in [6, 6.07) is 9.73. The van der Waals surface area contributed by atoms with Crippen LogP contribution in [0.2, 0.25) is 0 Å². The maximum atomic E-state index is 12.3.